The molecule has 1 aliphatic heterocycles. The molecule has 2 N–H and O–H groups in total. The zero-order chi connectivity index (χ0) is 12.4. The summed E-state index contributed by atoms with van der Waals surface area (Å²) in [6.45, 7) is 5.36. The SMILES string of the molecule is Cc1cc(NCC2CNCCO2)n2nccc2n1. The van der Waals surface area contributed by atoms with Crippen LogP contribution in [0.25, 0.3) is 5.65 Å². The minimum absolute atomic E-state index is 0.206. The molecule has 1 unspecified atom stereocenters. The van der Waals surface area contributed by atoms with Crippen LogP contribution in [-0.2, 0) is 4.74 Å². The summed E-state index contributed by atoms with van der Waals surface area (Å²) in [5, 5.41) is 11.0. The Hall–Kier alpha value is -1.66. The van der Waals surface area contributed by atoms with Crippen LogP contribution in [0.2, 0.25) is 0 Å². The van der Waals surface area contributed by atoms with Crippen LogP contribution in [0.1, 0.15) is 5.69 Å². The van der Waals surface area contributed by atoms with Crippen LogP contribution in [0.4, 0.5) is 5.82 Å². The summed E-state index contributed by atoms with van der Waals surface area (Å²) in [7, 11) is 0. The van der Waals surface area contributed by atoms with Crippen molar-refractivity contribution in [2.75, 3.05) is 31.6 Å². The fourth-order valence-electron chi connectivity index (χ4n) is 2.13. The number of nitrogens with zero attached hydrogens (tertiary/aromatic N) is 3. The number of anilines is 1. The molecular formula is C12H17N5O. The van der Waals surface area contributed by atoms with Crippen LogP contribution >= 0.6 is 0 Å². The fraction of sp³-hybridized carbons (Fsp3) is 0.500. The standard InChI is InChI=1S/C12H17N5O/c1-9-6-12(17-11(16-9)2-3-15-17)14-8-10-7-13-4-5-18-10/h2-3,6,10,13-14H,4-5,7-8H2,1H3. The van der Waals surface area contributed by atoms with Gasteiger partial charge in [-0.3, -0.25) is 0 Å². The van der Waals surface area contributed by atoms with Crippen molar-refractivity contribution in [3.05, 3.63) is 24.0 Å². The third-order valence-corrected chi connectivity index (χ3v) is 3.00. The highest BCUT2D eigenvalue weighted by molar-refractivity contribution is 5.48. The molecule has 6 heteroatoms. The number of aromatic nitrogens is 3. The zero-order valence-electron chi connectivity index (χ0n) is 10.4. The number of hydrogen-bond donors (Lipinski definition) is 2. The highest BCUT2D eigenvalue weighted by Gasteiger charge is 2.13. The molecule has 6 nitrogen and oxygen atoms in total. The number of ether oxygens (including phenoxy) is 1. The molecule has 1 aliphatic rings. The van der Waals surface area contributed by atoms with Gasteiger partial charge in [0.2, 0.25) is 0 Å². The van der Waals surface area contributed by atoms with Gasteiger partial charge in [0, 0.05) is 37.5 Å². The van der Waals surface area contributed by atoms with E-state index in [0.717, 1.165) is 43.4 Å². The van der Waals surface area contributed by atoms with Gasteiger partial charge in [0.05, 0.1) is 18.9 Å². The first-order valence-corrected chi connectivity index (χ1v) is 6.20. The summed E-state index contributed by atoms with van der Waals surface area (Å²) < 4.78 is 7.46. The van der Waals surface area contributed by atoms with Crippen LogP contribution in [0.15, 0.2) is 18.3 Å². The molecule has 2 aromatic rings. The second-order valence-electron chi connectivity index (χ2n) is 4.46. The maximum atomic E-state index is 5.65. The molecule has 0 radical (unpaired) electrons. The molecule has 18 heavy (non-hydrogen) atoms. The molecule has 3 heterocycles. The quantitative estimate of drug-likeness (QED) is 0.824. The lowest BCUT2D eigenvalue weighted by atomic mass is 10.3. The predicted molar refractivity (Wildman–Crippen MR) is 68.8 cm³/mol. The van der Waals surface area contributed by atoms with Gasteiger partial charge in [0.25, 0.3) is 0 Å². The molecular weight excluding hydrogens is 230 g/mol. The second kappa shape index (κ2) is 4.91. The summed E-state index contributed by atoms with van der Waals surface area (Å²) in [6, 6.07) is 3.90. The summed E-state index contributed by atoms with van der Waals surface area (Å²) in [6.07, 6.45) is 1.96. The van der Waals surface area contributed by atoms with Gasteiger partial charge < -0.3 is 15.4 Å². The Kier molecular flexibility index (Phi) is 3.12. The van der Waals surface area contributed by atoms with Crippen molar-refractivity contribution in [1.29, 1.82) is 0 Å². The van der Waals surface area contributed by atoms with E-state index in [1.807, 2.05) is 23.6 Å². The van der Waals surface area contributed by atoms with E-state index in [2.05, 4.69) is 20.7 Å². The highest BCUT2D eigenvalue weighted by Crippen LogP contribution is 2.12. The molecule has 0 aliphatic carbocycles. The zero-order valence-corrected chi connectivity index (χ0v) is 10.4. The van der Waals surface area contributed by atoms with E-state index in [9.17, 15) is 0 Å². The maximum Gasteiger partial charge on any atom is 0.157 e. The molecule has 0 spiro atoms. The van der Waals surface area contributed by atoms with Crippen LogP contribution < -0.4 is 10.6 Å². The van der Waals surface area contributed by atoms with E-state index in [-0.39, 0.29) is 6.10 Å². The molecule has 2 aromatic heterocycles. The van der Waals surface area contributed by atoms with Gasteiger partial charge in [-0.2, -0.15) is 9.61 Å². The minimum atomic E-state index is 0.206. The van der Waals surface area contributed by atoms with E-state index >= 15 is 0 Å². The van der Waals surface area contributed by atoms with Crippen molar-refractivity contribution >= 4 is 11.5 Å². The summed E-state index contributed by atoms with van der Waals surface area (Å²) in [5.41, 5.74) is 1.84. The van der Waals surface area contributed by atoms with Gasteiger partial charge in [0.1, 0.15) is 5.82 Å². The van der Waals surface area contributed by atoms with Crippen molar-refractivity contribution in [2.45, 2.75) is 13.0 Å². The minimum Gasteiger partial charge on any atom is -0.374 e. The number of fused-ring (bicyclic) bond motifs is 1. The first-order chi connectivity index (χ1) is 8.83. The lowest BCUT2D eigenvalue weighted by Crippen LogP contribution is -2.42. The molecule has 1 fully saturated rings. The number of rotatable bonds is 3. The number of nitrogens with one attached hydrogen (secondary N) is 2. The third kappa shape index (κ3) is 2.30. The van der Waals surface area contributed by atoms with Gasteiger partial charge in [-0.05, 0) is 6.92 Å². The number of morpholine rings is 1. The largest absolute Gasteiger partial charge is 0.374 e. The Morgan fingerprint density at radius 2 is 2.56 bits per heavy atom. The normalized spacial score (nSPS) is 20.2. The van der Waals surface area contributed by atoms with Crippen molar-refractivity contribution in [2.24, 2.45) is 0 Å². The topological polar surface area (TPSA) is 63.5 Å². The average molecular weight is 247 g/mol. The first-order valence-electron chi connectivity index (χ1n) is 6.20. The Morgan fingerprint density at radius 3 is 3.39 bits per heavy atom. The molecule has 0 bridgehead atoms. The van der Waals surface area contributed by atoms with Crippen molar-refractivity contribution in [3.63, 3.8) is 0 Å². The van der Waals surface area contributed by atoms with Crippen LogP contribution in [0.3, 0.4) is 0 Å². The lowest BCUT2D eigenvalue weighted by Gasteiger charge is -2.24. The van der Waals surface area contributed by atoms with E-state index < -0.39 is 0 Å². The fourth-order valence-corrected chi connectivity index (χ4v) is 2.13. The average Bonchev–Trinajstić information content (AvgIpc) is 2.85. The Labute approximate surface area is 105 Å². The van der Waals surface area contributed by atoms with Crippen LogP contribution in [0, 0.1) is 6.92 Å². The molecule has 1 atom stereocenters. The van der Waals surface area contributed by atoms with Gasteiger partial charge in [-0.1, -0.05) is 0 Å². The van der Waals surface area contributed by atoms with Gasteiger partial charge in [0.15, 0.2) is 5.65 Å². The maximum absolute atomic E-state index is 5.65. The van der Waals surface area contributed by atoms with Gasteiger partial charge in [-0.25, -0.2) is 4.98 Å². The Bertz CT molecular complexity index is 532. The Morgan fingerprint density at radius 1 is 1.61 bits per heavy atom. The van der Waals surface area contributed by atoms with Gasteiger partial charge in [-0.15, -0.1) is 0 Å². The first kappa shape index (κ1) is 11.4. The van der Waals surface area contributed by atoms with Crippen LogP contribution in [0.5, 0.6) is 0 Å². The van der Waals surface area contributed by atoms with Crippen molar-refractivity contribution in [1.82, 2.24) is 19.9 Å². The summed E-state index contributed by atoms with van der Waals surface area (Å²) in [4.78, 5) is 4.41. The lowest BCUT2D eigenvalue weighted by molar-refractivity contribution is 0.0371. The van der Waals surface area contributed by atoms with E-state index in [4.69, 9.17) is 4.74 Å². The second-order valence-corrected chi connectivity index (χ2v) is 4.46. The molecule has 96 valence electrons. The van der Waals surface area contributed by atoms with E-state index in [0.29, 0.717) is 0 Å². The van der Waals surface area contributed by atoms with E-state index in [1.165, 1.54) is 0 Å². The van der Waals surface area contributed by atoms with E-state index in [1.54, 1.807) is 6.20 Å². The molecule has 1 saturated heterocycles. The van der Waals surface area contributed by atoms with Crippen molar-refractivity contribution in [3.8, 4) is 0 Å². The summed E-state index contributed by atoms with van der Waals surface area (Å²) >= 11 is 0. The molecule has 3 rings (SSSR count). The van der Waals surface area contributed by atoms with Crippen molar-refractivity contribution < 1.29 is 4.74 Å². The molecule has 0 amide bonds. The predicted octanol–water partition coefficient (Wildman–Crippen LogP) is 0.438. The molecule has 0 aromatic carbocycles. The number of aryl methyl sites for hydroxylation is 1. The monoisotopic (exact) mass is 247 g/mol. The summed E-state index contributed by atoms with van der Waals surface area (Å²) in [5.74, 6) is 0.955. The molecule has 0 saturated carbocycles. The third-order valence-electron chi connectivity index (χ3n) is 3.00. The number of hydrogen-bond acceptors (Lipinski definition) is 5. The van der Waals surface area contributed by atoms with Gasteiger partial charge >= 0.3 is 0 Å². The highest BCUT2D eigenvalue weighted by atomic mass is 16.5. The Balaban J connectivity index is 1.75. The smallest absolute Gasteiger partial charge is 0.157 e. The van der Waals surface area contributed by atoms with Crippen LogP contribution in [-0.4, -0.2) is 46.9 Å².